The number of aryl methyl sites for hydroxylation is 1. The Morgan fingerprint density at radius 2 is 2.05 bits per heavy atom. The molecule has 112 valence electrons. The molecule has 2 rings (SSSR count). The van der Waals surface area contributed by atoms with E-state index in [4.69, 9.17) is 4.74 Å². The van der Waals surface area contributed by atoms with E-state index in [-0.39, 0.29) is 5.82 Å². The van der Waals surface area contributed by atoms with Gasteiger partial charge in [0.1, 0.15) is 11.6 Å². The van der Waals surface area contributed by atoms with Crippen molar-refractivity contribution in [1.82, 2.24) is 15.3 Å². The summed E-state index contributed by atoms with van der Waals surface area (Å²) in [4.78, 5) is 8.49. The Morgan fingerprint density at radius 1 is 1.24 bits per heavy atom. The summed E-state index contributed by atoms with van der Waals surface area (Å²) in [6.45, 7) is 7.62. The summed E-state index contributed by atoms with van der Waals surface area (Å²) in [7, 11) is 0. The third kappa shape index (κ3) is 4.79. The van der Waals surface area contributed by atoms with Gasteiger partial charge in [0, 0.05) is 6.54 Å². The number of ether oxygens (including phenoxy) is 1. The first-order valence-electron chi connectivity index (χ1n) is 7.00. The van der Waals surface area contributed by atoms with Gasteiger partial charge in [-0.25, -0.2) is 9.37 Å². The van der Waals surface area contributed by atoms with Gasteiger partial charge in [-0.1, -0.05) is 13.8 Å². The van der Waals surface area contributed by atoms with Gasteiger partial charge in [-0.15, -0.1) is 0 Å². The second-order valence-corrected chi connectivity index (χ2v) is 5.38. The van der Waals surface area contributed by atoms with Crippen molar-refractivity contribution in [3.8, 4) is 11.6 Å². The maximum absolute atomic E-state index is 13.2. The molecule has 0 radical (unpaired) electrons. The molecule has 0 aliphatic heterocycles. The molecule has 0 atom stereocenters. The van der Waals surface area contributed by atoms with Crippen LogP contribution in [0, 0.1) is 18.7 Å². The molecule has 0 unspecified atom stereocenters. The fraction of sp³-hybridized carbons (Fsp3) is 0.375. The maximum atomic E-state index is 13.2. The van der Waals surface area contributed by atoms with Crippen LogP contribution >= 0.6 is 0 Å². The molecular weight excluding hydrogens is 269 g/mol. The third-order valence-corrected chi connectivity index (χ3v) is 2.89. The minimum atomic E-state index is -0.250. The molecule has 1 heterocycles. The highest BCUT2D eigenvalue weighted by Crippen LogP contribution is 2.21. The molecular formula is C16H20FN3O. The van der Waals surface area contributed by atoms with Crippen LogP contribution in [0.5, 0.6) is 11.6 Å². The number of aromatic nitrogens is 2. The van der Waals surface area contributed by atoms with E-state index in [0.29, 0.717) is 29.7 Å². The molecule has 0 amide bonds. The summed E-state index contributed by atoms with van der Waals surface area (Å²) in [6, 6.07) is 4.58. The zero-order valence-electron chi connectivity index (χ0n) is 12.6. The largest absolute Gasteiger partial charge is 0.437 e. The van der Waals surface area contributed by atoms with Crippen molar-refractivity contribution in [3.05, 3.63) is 47.7 Å². The Morgan fingerprint density at radius 3 is 2.67 bits per heavy atom. The first-order valence-corrected chi connectivity index (χ1v) is 7.00. The minimum absolute atomic E-state index is 0.250. The lowest BCUT2D eigenvalue weighted by atomic mass is 10.2. The van der Waals surface area contributed by atoms with Crippen LogP contribution in [0.4, 0.5) is 4.39 Å². The van der Waals surface area contributed by atoms with E-state index in [1.807, 2.05) is 0 Å². The smallest absolute Gasteiger partial charge is 0.237 e. The van der Waals surface area contributed by atoms with Gasteiger partial charge in [0.25, 0.3) is 0 Å². The summed E-state index contributed by atoms with van der Waals surface area (Å²) < 4.78 is 18.7. The fourth-order valence-electron chi connectivity index (χ4n) is 1.78. The molecule has 2 aromatic rings. The van der Waals surface area contributed by atoms with Crippen LogP contribution in [-0.2, 0) is 6.54 Å². The number of nitrogens with one attached hydrogen (secondary N) is 1. The second kappa shape index (κ2) is 7.13. The van der Waals surface area contributed by atoms with Gasteiger partial charge in [-0.2, -0.15) is 0 Å². The van der Waals surface area contributed by atoms with Crippen LogP contribution in [0.1, 0.15) is 25.1 Å². The van der Waals surface area contributed by atoms with Crippen molar-refractivity contribution in [3.63, 3.8) is 0 Å². The zero-order valence-corrected chi connectivity index (χ0v) is 12.6. The standard InChI is InChI=1S/C16H20FN3O/c1-11(2)7-18-8-13-9-20-16(10-19-13)21-14-4-5-15(17)12(3)6-14/h4-6,9-11,18H,7-8H2,1-3H3. The van der Waals surface area contributed by atoms with E-state index in [9.17, 15) is 4.39 Å². The summed E-state index contributed by atoms with van der Waals surface area (Å²) >= 11 is 0. The van der Waals surface area contributed by atoms with Crippen LogP contribution in [-0.4, -0.2) is 16.5 Å². The van der Waals surface area contributed by atoms with E-state index in [2.05, 4.69) is 29.1 Å². The molecule has 1 aromatic carbocycles. The highest BCUT2D eigenvalue weighted by molar-refractivity contribution is 5.31. The van der Waals surface area contributed by atoms with Crippen molar-refractivity contribution in [2.75, 3.05) is 6.54 Å². The van der Waals surface area contributed by atoms with Gasteiger partial charge in [-0.3, -0.25) is 4.98 Å². The molecule has 0 bridgehead atoms. The number of hydrogen-bond donors (Lipinski definition) is 1. The Hall–Kier alpha value is -2.01. The Balaban J connectivity index is 1.94. The van der Waals surface area contributed by atoms with Crippen LogP contribution in [0.15, 0.2) is 30.6 Å². The minimum Gasteiger partial charge on any atom is -0.437 e. The number of rotatable bonds is 6. The second-order valence-electron chi connectivity index (χ2n) is 5.38. The van der Waals surface area contributed by atoms with Crippen LogP contribution in [0.2, 0.25) is 0 Å². The highest BCUT2D eigenvalue weighted by atomic mass is 19.1. The molecule has 21 heavy (non-hydrogen) atoms. The SMILES string of the molecule is Cc1cc(Oc2cnc(CNCC(C)C)cn2)ccc1F. The first-order chi connectivity index (χ1) is 10.0. The molecule has 0 saturated heterocycles. The van der Waals surface area contributed by atoms with Gasteiger partial charge in [0.15, 0.2) is 0 Å². The van der Waals surface area contributed by atoms with Crippen LogP contribution < -0.4 is 10.1 Å². The number of halogens is 1. The highest BCUT2D eigenvalue weighted by Gasteiger charge is 2.03. The van der Waals surface area contributed by atoms with Crippen LogP contribution in [0.3, 0.4) is 0 Å². The predicted molar refractivity (Wildman–Crippen MR) is 79.8 cm³/mol. The number of benzene rings is 1. The van der Waals surface area contributed by atoms with Crippen molar-refractivity contribution in [1.29, 1.82) is 0 Å². The van der Waals surface area contributed by atoms with E-state index in [1.165, 1.54) is 6.07 Å². The third-order valence-electron chi connectivity index (χ3n) is 2.89. The first kappa shape index (κ1) is 15.4. The fourth-order valence-corrected chi connectivity index (χ4v) is 1.78. The molecule has 0 fully saturated rings. The molecule has 0 saturated carbocycles. The predicted octanol–water partition coefficient (Wildman–Crippen LogP) is 3.46. The summed E-state index contributed by atoms with van der Waals surface area (Å²) in [5.74, 6) is 1.30. The van der Waals surface area contributed by atoms with Crippen molar-refractivity contribution in [2.45, 2.75) is 27.3 Å². The summed E-state index contributed by atoms with van der Waals surface area (Å²) in [6.07, 6.45) is 3.25. The maximum Gasteiger partial charge on any atom is 0.237 e. The van der Waals surface area contributed by atoms with E-state index < -0.39 is 0 Å². The lowest BCUT2D eigenvalue weighted by molar-refractivity contribution is 0.456. The van der Waals surface area contributed by atoms with Gasteiger partial charge in [0.05, 0.1) is 18.1 Å². The molecule has 5 heteroatoms. The van der Waals surface area contributed by atoms with Gasteiger partial charge < -0.3 is 10.1 Å². The van der Waals surface area contributed by atoms with Gasteiger partial charge >= 0.3 is 0 Å². The van der Waals surface area contributed by atoms with Crippen LogP contribution in [0.25, 0.3) is 0 Å². The molecule has 0 aliphatic carbocycles. The summed E-state index contributed by atoms with van der Waals surface area (Å²) in [5.41, 5.74) is 1.40. The number of nitrogens with zero attached hydrogens (tertiary/aromatic N) is 2. The Kier molecular flexibility index (Phi) is 5.22. The molecule has 4 nitrogen and oxygen atoms in total. The van der Waals surface area contributed by atoms with Gasteiger partial charge in [-0.05, 0) is 43.1 Å². The normalized spacial score (nSPS) is 10.9. The molecule has 1 aromatic heterocycles. The van der Waals surface area contributed by atoms with Crippen molar-refractivity contribution < 1.29 is 9.13 Å². The molecule has 0 spiro atoms. The number of hydrogen-bond acceptors (Lipinski definition) is 4. The van der Waals surface area contributed by atoms with E-state index in [0.717, 1.165) is 12.2 Å². The van der Waals surface area contributed by atoms with Crippen molar-refractivity contribution in [2.24, 2.45) is 5.92 Å². The lowest BCUT2D eigenvalue weighted by Gasteiger charge is -2.08. The average molecular weight is 289 g/mol. The van der Waals surface area contributed by atoms with E-state index >= 15 is 0 Å². The van der Waals surface area contributed by atoms with Crippen molar-refractivity contribution >= 4 is 0 Å². The van der Waals surface area contributed by atoms with E-state index in [1.54, 1.807) is 31.5 Å². The lowest BCUT2D eigenvalue weighted by Crippen LogP contribution is -2.19. The quantitative estimate of drug-likeness (QED) is 0.884. The average Bonchev–Trinajstić information content (AvgIpc) is 2.44. The topological polar surface area (TPSA) is 47.0 Å². The Labute approximate surface area is 124 Å². The monoisotopic (exact) mass is 289 g/mol. The molecule has 1 N–H and O–H groups in total. The molecule has 0 aliphatic rings. The zero-order chi connectivity index (χ0) is 15.2. The summed E-state index contributed by atoms with van der Waals surface area (Å²) in [5, 5.41) is 3.30. The Bertz CT molecular complexity index is 585. The van der Waals surface area contributed by atoms with Gasteiger partial charge in [0.2, 0.25) is 5.88 Å².